The number of H-pyrrole nitrogens is 1. The highest BCUT2D eigenvalue weighted by atomic mass is 32.2. The number of nitrogens with one attached hydrogen (secondary N) is 3. The Labute approximate surface area is 177 Å². The normalized spacial score (nSPS) is 11.3. The van der Waals surface area contributed by atoms with E-state index < -0.39 is 28.2 Å². The molecular weight excluding hydrogens is 426 g/mol. The number of hydrogen-bond donors (Lipinski definition) is 3. The molecule has 1 heterocycles. The Morgan fingerprint density at radius 2 is 1.81 bits per heavy atom. The molecule has 0 fully saturated rings. The van der Waals surface area contributed by atoms with Gasteiger partial charge in [0, 0.05) is 30.9 Å². The first-order valence-corrected chi connectivity index (χ1v) is 10.4. The van der Waals surface area contributed by atoms with E-state index in [1.165, 1.54) is 38.2 Å². The number of sulfonamides is 1. The molecule has 0 aliphatic carbocycles. The largest absolute Gasteiger partial charge is 0.439 e. The van der Waals surface area contributed by atoms with Crippen molar-refractivity contribution in [2.45, 2.75) is 11.8 Å². The van der Waals surface area contributed by atoms with Gasteiger partial charge in [-0.15, -0.1) is 0 Å². The number of aromatic nitrogens is 2. The zero-order valence-electron chi connectivity index (χ0n) is 16.6. The van der Waals surface area contributed by atoms with Crippen molar-refractivity contribution in [3.8, 4) is 11.4 Å². The van der Waals surface area contributed by atoms with Crippen LogP contribution in [-0.4, -0.2) is 48.3 Å². The van der Waals surface area contributed by atoms with Gasteiger partial charge in [-0.25, -0.2) is 13.2 Å². The van der Waals surface area contributed by atoms with Crippen molar-refractivity contribution in [3.63, 3.8) is 0 Å². The van der Waals surface area contributed by atoms with Crippen molar-refractivity contribution in [1.82, 2.24) is 14.4 Å². The summed E-state index contributed by atoms with van der Waals surface area (Å²) in [6.07, 6.45) is 0. The lowest BCUT2D eigenvalue weighted by Gasteiger charge is -2.17. The number of aromatic amines is 1. The third-order valence-corrected chi connectivity index (χ3v) is 5.93. The highest BCUT2D eigenvalue weighted by Gasteiger charge is 2.23. The number of carbonyl (C=O) groups excluding carboxylic acids is 2. The van der Waals surface area contributed by atoms with Gasteiger partial charge in [0.05, 0.1) is 11.4 Å². The van der Waals surface area contributed by atoms with Crippen LogP contribution < -0.4 is 16.4 Å². The highest BCUT2D eigenvalue weighted by Crippen LogP contribution is 2.20. The molecule has 2 aromatic carbocycles. The van der Waals surface area contributed by atoms with Crippen LogP contribution in [0.1, 0.15) is 6.92 Å². The van der Waals surface area contributed by atoms with Gasteiger partial charge >= 0.3 is 5.76 Å². The van der Waals surface area contributed by atoms with Crippen molar-refractivity contribution >= 4 is 33.2 Å². The van der Waals surface area contributed by atoms with Gasteiger partial charge in [0.15, 0.2) is 5.82 Å². The van der Waals surface area contributed by atoms with E-state index in [2.05, 4.69) is 25.3 Å². The van der Waals surface area contributed by atoms with Crippen LogP contribution in [-0.2, 0) is 19.6 Å². The molecule has 162 valence electrons. The molecule has 0 unspecified atom stereocenters. The topological polar surface area (TPSA) is 154 Å². The number of amides is 2. The molecule has 11 nitrogen and oxygen atoms in total. The van der Waals surface area contributed by atoms with Crippen LogP contribution in [0, 0.1) is 0 Å². The quantitative estimate of drug-likeness (QED) is 0.494. The number of nitrogens with zero attached hydrogens (tertiary/aromatic N) is 2. The average molecular weight is 445 g/mol. The molecule has 2 amide bonds. The molecule has 0 atom stereocenters. The molecule has 0 aliphatic rings. The zero-order valence-corrected chi connectivity index (χ0v) is 17.4. The van der Waals surface area contributed by atoms with Gasteiger partial charge < -0.3 is 10.6 Å². The van der Waals surface area contributed by atoms with Gasteiger partial charge in [0.1, 0.15) is 0 Å². The number of anilines is 2. The summed E-state index contributed by atoms with van der Waals surface area (Å²) in [4.78, 5) is 36.9. The first kappa shape index (κ1) is 21.9. The Bertz CT molecular complexity index is 1260. The number of benzene rings is 2. The standard InChI is InChI=1S/C19H19N5O6S/c1-12(25)20-14-6-8-16(9-7-14)31(28,29)24(2)11-17(26)21-15-5-3-4-13(10-15)18-22-19(27)30-23-18/h3-10H,11H2,1-2H3,(H,20,25)(H,21,26)(H,22,23,27). The minimum absolute atomic E-state index is 0.0196. The van der Waals surface area contributed by atoms with Crippen LogP contribution in [0.15, 0.2) is 62.7 Å². The molecule has 3 N–H and O–H groups in total. The van der Waals surface area contributed by atoms with E-state index in [1.54, 1.807) is 24.3 Å². The summed E-state index contributed by atoms with van der Waals surface area (Å²) in [6.45, 7) is 0.915. The van der Waals surface area contributed by atoms with Gasteiger partial charge in [-0.2, -0.15) is 4.31 Å². The smallest absolute Gasteiger partial charge is 0.326 e. The monoisotopic (exact) mass is 445 g/mol. The zero-order chi connectivity index (χ0) is 22.6. The summed E-state index contributed by atoms with van der Waals surface area (Å²) in [5, 5.41) is 8.73. The predicted molar refractivity (Wildman–Crippen MR) is 112 cm³/mol. The molecular formula is C19H19N5O6S. The summed E-state index contributed by atoms with van der Waals surface area (Å²) in [7, 11) is -2.64. The third-order valence-electron chi connectivity index (χ3n) is 4.11. The molecule has 3 aromatic rings. The Morgan fingerprint density at radius 3 is 2.42 bits per heavy atom. The van der Waals surface area contributed by atoms with Crippen molar-refractivity contribution < 1.29 is 22.5 Å². The van der Waals surface area contributed by atoms with Crippen LogP contribution in [0.3, 0.4) is 0 Å². The maximum Gasteiger partial charge on any atom is 0.439 e. The summed E-state index contributed by atoms with van der Waals surface area (Å²) in [5.74, 6) is -1.35. The van der Waals surface area contributed by atoms with E-state index in [4.69, 9.17) is 0 Å². The molecule has 0 saturated carbocycles. The summed E-state index contributed by atoms with van der Waals surface area (Å²) >= 11 is 0. The van der Waals surface area contributed by atoms with E-state index >= 15 is 0 Å². The number of carbonyl (C=O) groups is 2. The maximum absolute atomic E-state index is 12.7. The molecule has 1 aromatic heterocycles. The fourth-order valence-electron chi connectivity index (χ4n) is 2.68. The number of rotatable bonds is 7. The molecule has 3 rings (SSSR count). The first-order valence-electron chi connectivity index (χ1n) is 8.95. The molecule has 0 bridgehead atoms. The van der Waals surface area contributed by atoms with Gasteiger partial charge in [0.2, 0.25) is 21.8 Å². The van der Waals surface area contributed by atoms with Crippen molar-refractivity contribution in [2.24, 2.45) is 0 Å². The Hall–Kier alpha value is -3.77. The third kappa shape index (κ3) is 5.43. The molecule has 0 saturated heterocycles. The second-order valence-electron chi connectivity index (χ2n) is 6.54. The molecule has 0 radical (unpaired) electrons. The predicted octanol–water partition coefficient (Wildman–Crippen LogP) is 1.25. The van der Waals surface area contributed by atoms with Gasteiger partial charge in [-0.1, -0.05) is 17.3 Å². The molecule has 31 heavy (non-hydrogen) atoms. The van der Waals surface area contributed by atoms with Crippen molar-refractivity contribution in [2.75, 3.05) is 24.2 Å². The van der Waals surface area contributed by atoms with Crippen molar-refractivity contribution in [3.05, 3.63) is 59.1 Å². The SMILES string of the molecule is CC(=O)Nc1ccc(S(=O)(=O)N(C)CC(=O)Nc2cccc(-c3noc(=O)[nH]3)c2)cc1. The van der Waals surface area contributed by atoms with Crippen LogP contribution in [0.5, 0.6) is 0 Å². The fourth-order valence-corrected chi connectivity index (χ4v) is 3.81. The van der Waals surface area contributed by atoms with E-state index in [0.717, 1.165) is 4.31 Å². The first-order chi connectivity index (χ1) is 14.6. The maximum atomic E-state index is 12.7. The van der Waals surface area contributed by atoms with E-state index in [0.29, 0.717) is 16.9 Å². The Balaban J connectivity index is 1.67. The second kappa shape index (κ2) is 8.93. The fraction of sp³-hybridized carbons (Fsp3) is 0.158. The molecule has 12 heteroatoms. The van der Waals surface area contributed by atoms with E-state index in [-0.39, 0.29) is 16.6 Å². The number of hydrogen-bond acceptors (Lipinski definition) is 7. The average Bonchev–Trinajstić information content (AvgIpc) is 3.14. The highest BCUT2D eigenvalue weighted by molar-refractivity contribution is 7.89. The van der Waals surface area contributed by atoms with Crippen LogP contribution in [0.25, 0.3) is 11.4 Å². The van der Waals surface area contributed by atoms with Crippen molar-refractivity contribution in [1.29, 1.82) is 0 Å². The lowest BCUT2D eigenvalue weighted by Crippen LogP contribution is -2.35. The van der Waals surface area contributed by atoms with Crippen LogP contribution in [0.4, 0.5) is 11.4 Å². The summed E-state index contributed by atoms with van der Waals surface area (Å²) in [6, 6.07) is 12.1. The lowest BCUT2D eigenvalue weighted by molar-refractivity contribution is -0.116. The van der Waals surface area contributed by atoms with E-state index in [9.17, 15) is 22.8 Å². The van der Waals surface area contributed by atoms with Gasteiger partial charge in [-0.3, -0.25) is 19.1 Å². The van der Waals surface area contributed by atoms with Gasteiger partial charge in [0.25, 0.3) is 0 Å². The summed E-state index contributed by atoms with van der Waals surface area (Å²) in [5.41, 5.74) is 1.35. The van der Waals surface area contributed by atoms with E-state index in [1.807, 2.05) is 0 Å². The Kier molecular flexibility index (Phi) is 6.32. The minimum Gasteiger partial charge on any atom is -0.326 e. The van der Waals surface area contributed by atoms with Crippen LogP contribution >= 0.6 is 0 Å². The number of likely N-dealkylation sites (N-methyl/N-ethyl adjacent to an activating group) is 1. The second-order valence-corrected chi connectivity index (χ2v) is 8.58. The lowest BCUT2D eigenvalue weighted by atomic mass is 10.2. The van der Waals surface area contributed by atoms with Crippen LogP contribution in [0.2, 0.25) is 0 Å². The summed E-state index contributed by atoms with van der Waals surface area (Å²) < 4.78 is 30.8. The molecule has 0 spiro atoms. The van der Waals surface area contributed by atoms with Gasteiger partial charge in [-0.05, 0) is 36.4 Å². The minimum atomic E-state index is -3.92. The Morgan fingerprint density at radius 1 is 1.10 bits per heavy atom. The molecule has 0 aliphatic heterocycles.